The molecule has 0 radical (unpaired) electrons. The van der Waals surface area contributed by atoms with Crippen molar-refractivity contribution in [3.63, 3.8) is 0 Å². The van der Waals surface area contributed by atoms with Crippen molar-refractivity contribution >= 4 is 39.2 Å². The van der Waals surface area contributed by atoms with Crippen LogP contribution in [-0.2, 0) is 9.59 Å². The molecule has 2 aromatic rings. The molecule has 2 aromatic carbocycles. The Hall–Kier alpha value is -2.53. The van der Waals surface area contributed by atoms with Crippen molar-refractivity contribution in [1.29, 1.82) is 0 Å². The Bertz CT molecular complexity index is 1090. The normalized spacial score (nSPS) is 27.2. The molecule has 4 atom stereocenters. The molecule has 2 unspecified atom stereocenters. The number of nitrogens with zero attached hydrogens (tertiary/aromatic N) is 1. The molecule has 1 saturated heterocycles. The van der Waals surface area contributed by atoms with Gasteiger partial charge in [0.25, 0.3) is 0 Å². The first-order chi connectivity index (χ1) is 14.9. The zero-order valence-electron chi connectivity index (χ0n) is 17.4. The lowest BCUT2D eigenvalue weighted by Crippen LogP contribution is -2.35. The first-order valence-corrected chi connectivity index (χ1v) is 11.7. The average molecular weight is 478 g/mol. The van der Waals surface area contributed by atoms with Crippen molar-refractivity contribution in [3.8, 4) is 0 Å². The van der Waals surface area contributed by atoms with E-state index in [-0.39, 0.29) is 41.8 Å². The van der Waals surface area contributed by atoms with Gasteiger partial charge in [-0.05, 0) is 62.3 Å². The number of anilines is 1. The van der Waals surface area contributed by atoms with E-state index >= 15 is 0 Å². The largest absolute Gasteiger partial charge is 0.294 e. The third-order valence-electron chi connectivity index (χ3n) is 7.06. The molecular weight excluding hydrogens is 454 g/mol. The Morgan fingerprint density at radius 3 is 2.39 bits per heavy atom. The Labute approximate surface area is 190 Å². The monoisotopic (exact) mass is 477 g/mol. The van der Waals surface area contributed by atoms with Crippen molar-refractivity contribution in [2.24, 2.45) is 23.7 Å². The summed E-state index contributed by atoms with van der Waals surface area (Å²) in [6.45, 7) is 1.99. The topological polar surface area (TPSA) is 54.5 Å². The van der Waals surface area contributed by atoms with Crippen LogP contribution in [0.15, 0.2) is 64.7 Å². The molecule has 0 spiro atoms. The van der Waals surface area contributed by atoms with Crippen LogP contribution in [0.3, 0.4) is 0 Å². The Morgan fingerprint density at radius 1 is 1.00 bits per heavy atom. The quantitative estimate of drug-likeness (QED) is 0.332. The summed E-state index contributed by atoms with van der Waals surface area (Å²) < 4.78 is 0.897. The number of halogens is 1. The maximum Gasteiger partial charge on any atom is 0.238 e. The van der Waals surface area contributed by atoms with Crippen LogP contribution in [0.2, 0.25) is 0 Å². The SMILES string of the molecule is Cc1ccc(C(=O)C[C@H]2C=C3CCC[C@H]3C3C(=O)N(c4ccc(Br)cc4)C(=O)C32)cc1. The highest BCUT2D eigenvalue weighted by atomic mass is 79.9. The minimum atomic E-state index is -0.461. The fourth-order valence-corrected chi connectivity index (χ4v) is 5.84. The van der Waals surface area contributed by atoms with Gasteiger partial charge in [0.1, 0.15) is 0 Å². The van der Waals surface area contributed by atoms with Gasteiger partial charge in [-0.2, -0.15) is 0 Å². The number of aryl methyl sites for hydroxylation is 1. The van der Waals surface area contributed by atoms with Gasteiger partial charge in [-0.3, -0.25) is 19.3 Å². The Morgan fingerprint density at radius 2 is 1.68 bits per heavy atom. The van der Waals surface area contributed by atoms with Crippen molar-refractivity contribution in [2.75, 3.05) is 4.90 Å². The highest BCUT2D eigenvalue weighted by molar-refractivity contribution is 9.10. The van der Waals surface area contributed by atoms with Crippen LogP contribution < -0.4 is 4.90 Å². The zero-order valence-corrected chi connectivity index (χ0v) is 19.0. The fourth-order valence-electron chi connectivity index (χ4n) is 5.58. The second-order valence-corrected chi connectivity index (χ2v) is 9.85. The molecule has 2 aliphatic carbocycles. The van der Waals surface area contributed by atoms with Crippen molar-refractivity contribution in [1.82, 2.24) is 0 Å². The number of imide groups is 1. The lowest BCUT2D eigenvalue weighted by atomic mass is 9.67. The molecule has 1 saturated carbocycles. The van der Waals surface area contributed by atoms with E-state index in [0.717, 1.165) is 29.3 Å². The number of rotatable bonds is 4. The number of allylic oxidation sites excluding steroid dienone is 2. The van der Waals surface area contributed by atoms with E-state index in [2.05, 4.69) is 22.0 Å². The van der Waals surface area contributed by atoms with Crippen molar-refractivity contribution in [2.45, 2.75) is 32.6 Å². The van der Waals surface area contributed by atoms with Crippen molar-refractivity contribution in [3.05, 3.63) is 75.8 Å². The van der Waals surface area contributed by atoms with Crippen LogP contribution in [0.4, 0.5) is 5.69 Å². The Kier molecular flexibility index (Phi) is 5.17. The maximum atomic E-state index is 13.5. The summed E-state index contributed by atoms with van der Waals surface area (Å²) in [5, 5.41) is 0. The van der Waals surface area contributed by atoms with Crippen LogP contribution in [0, 0.1) is 30.6 Å². The number of carbonyl (C=O) groups is 3. The molecule has 4 nitrogen and oxygen atoms in total. The van der Waals surface area contributed by atoms with Crippen LogP contribution >= 0.6 is 15.9 Å². The summed E-state index contributed by atoms with van der Waals surface area (Å²) in [4.78, 5) is 41.4. The third-order valence-corrected chi connectivity index (χ3v) is 7.59. The average Bonchev–Trinajstić information content (AvgIpc) is 3.32. The number of amides is 2. The van der Waals surface area contributed by atoms with Gasteiger partial charge in [-0.25, -0.2) is 0 Å². The predicted octanol–water partition coefficient (Wildman–Crippen LogP) is 5.49. The van der Waals surface area contributed by atoms with Gasteiger partial charge in [0.2, 0.25) is 11.8 Å². The molecule has 0 N–H and O–H groups in total. The van der Waals surface area contributed by atoms with Gasteiger partial charge in [-0.1, -0.05) is 57.4 Å². The lowest BCUT2D eigenvalue weighted by Gasteiger charge is -2.33. The van der Waals surface area contributed by atoms with Gasteiger partial charge in [0.05, 0.1) is 17.5 Å². The molecule has 1 aliphatic heterocycles. The fraction of sp³-hybridized carbons (Fsp3) is 0.346. The van der Waals surface area contributed by atoms with Crippen LogP contribution in [0.25, 0.3) is 0 Å². The summed E-state index contributed by atoms with van der Waals surface area (Å²) in [7, 11) is 0. The summed E-state index contributed by atoms with van der Waals surface area (Å²) in [5.41, 5.74) is 3.64. The van der Waals surface area contributed by atoms with Gasteiger partial charge >= 0.3 is 0 Å². The van der Waals surface area contributed by atoms with E-state index in [1.165, 1.54) is 10.5 Å². The van der Waals surface area contributed by atoms with E-state index < -0.39 is 5.92 Å². The number of hydrogen-bond donors (Lipinski definition) is 0. The van der Waals surface area contributed by atoms with E-state index in [4.69, 9.17) is 0 Å². The van der Waals surface area contributed by atoms with Gasteiger partial charge < -0.3 is 0 Å². The van der Waals surface area contributed by atoms with Gasteiger partial charge in [0, 0.05) is 16.5 Å². The molecule has 3 aliphatic rings. The Balaban J connectivity index is 1.49. The standard InChI is InChI=1S/C26H24BrNO3/c1-15-5-7-16(8-6-15)22(29)14-18-13-17-3-2-4-21(17)24-23(18)25(30)28(26(24)31)20-11-9-19(27)10-12-20/h5-13,18,21,23-24H,2-4,14H2,1H3/t18-,21-,23?,24?/m1/s1. The van der Waals surface area contributed by atoms with Crippen LogP contribution in [-0.4, -0.2) is 17.6 Å². The summed E-state index contributed by atoms with van der Waals surface area (Å²) in [5.74, 6) is -1.16. The summed E-state index contributed by atoms with van der Waals surface area (Å²) in [6.07, 6.45) is 5.36. The first-order valence-electron chi connectivity index (χ1n) is 10.9. The number of ketones is 1. The highest BCUT2D eigenvalue weighted by Gasteiger charge is 2.57. The summed E-state index contributed by atoms with van der Waals surface area (Å²) in [6, 6.07) is 14.8. The van der Waals surface area contributed by atoms with E-state index in [0.29, 0.717) is 11.3 Å². The van der Waals surface area contributed by atoms with E-state index in [9.17, 15) is 14.4 Å². The summed E-state index contributed by atoms with van der Waals surface area (Å²) >= 11 is 3.41. The molecular formula is C26H24BrNO3. The number of Topliss-reactive ketones (excluding diaryl/α,β-unsaturated/α-hetero) is 1. The van der Waals surface area contributed by atoms with Crippen molar-refractivity contribution < 1.29 is 14.4 Å². The van der Waals surface area contributed by atoms with E-state index in [1.54, 1.807) is 12.1 Å². The number of fused-ring (bicyclic) bond motifs is 3. The second-order valence-electron chi connectivity index (χ2n) is 8.94. The minimum absolute atomic E-state index is 0.0272. The zero-order chi connectivity index (χ0) is 21.7. The first kappa shape index (κ1) is 20.4. The molecule has 5 heteroatoms. The number of carbonyl (C=O) groups excluding carboxylic acids is 3. The van der Waals surface area contributed by atoms with Crippen LogP contribution in [0.1, 0.15) is 41.6 Å². The molecule has 5 rings (SSSR count). The molecule has 0 aromatic heterocycles. The smallest absolute Gasteiger partial charge is 0.238 e. The molecule has 2 fully saturated rings. The van der Waals surface area contributed by atoms with Gasteiger partial charge in [-0.15, -0.1) is 0 Å². The second kappa shape index (κ2) is 7.86. The minimum Gasteiger partial charge on any atom is -0.294 e. The maximum absolute atomic E-state index is 13.5. The molecule has 1 heterocycles. The molecule has 158 valence electrons. The predicted molar refractivity (Wildman–Crippen MR) is 123 cm³/mol. The molecule has 31 heavy (non-hydrogen) atoms. The number of hydrogen-bond acceptors (Lipinski definition) is 3. The highest BCUT2D eigenvalue weighted by Crippen LogP contribution is 2.52. The lowest BCUT2D eigenvalue weighted by molar-refractivity contribution is -0.122. The van der Waals surface area contributed by atoms with Gasteiger partial charge in [0.15, 0.2) is 5.78 Å². The number of benzene rings is 2. The van der Waals surface area contributed by atoms with E-state index in [1.807, 2.05) is 43.3 Å². The molecule has 2 amide bonds. The van der Waals surface area contributed by atoms with Crippen LogP contribution in [0.5, 0.6) is 0 Å². The molecule has 0 bridgehead atoms. The third kappa shape index (κ3) is 3.49.